The molecule has 1 atom stereocenters. The summed E-state index contributed by atoms with van der Waals surface area (Å²) >= 11 is 1.13. The van der Waals surface area contributed by atoms with E-state index in [1.165, 1.54) is 19.3 Å². The number of nitriles is 1. The summed E-state index contributed by atoms with van der Waals surface area (Å²) in [5.41, 5.74) is 2.05. The lowest BCUT2D eigenvalue weighted by atomic mass is 9.82. The molecule has 9 nitrogen and oxygen atoms in total. The van der Waals surface area contributed by atoms with E-state index >= 15 is 0 Å². The van der Waals surface area contributed by atoms with E-state index < -0.39 is 11.9 Å². The molecule has 0 bridgehead atoms. The Morgan fingerprint density at radius 3 is 2.70 bits per heavy atom. The Morgan fingerprint density at radius 1 is 1.24 bits per heavy atom. The minimum absolute atomic E-state index is 0.000133. The molecule has 0 fully saturated rings. The number of phenols is 1. The predicted molar refractivity (Wildman–Crippen MR) is 141 cm³/mol. The number of rotatable bonds is 10. The number of thioether (sulfide) groups is 1. The van der Waals surface area contributed by atoms with Gasteiger partial charge in [-0.15, -0.1) is 0 Å². The van der Waals surface area contributed by atoms with Crippen molar-refractivity contribution >= 4 is 29.3 Å². The number of amides is 1. The van der Waals surface area contributed by atoms with E-state index in [9.17, 15) is 20.0 Å². The third kappa shape index (κ3) is 6.45. The summed E-state index contributed by atoms with van der Waals surface area (Å²) in [6.45, 7) is 5.26. The summed E-state index contributed by atoms with van der Waals surface area (Å²) < 4.78 is 15.7. The standard InChI is InChI=1S/C27H27N3O6S/c1-5-11-36-27(33)24-16(2)29-26(37-15-23(32)30-18-7-6-8-19(13-18)34-3)20(14-28)25(24)17-9-10-21(31)22(12-17)35-4/h5-10,12-13,25,29,31H,1,11,15H2,2-4H3,(H,30,32)/t25-/m1/s1. The van der Waals surface area contributed by atoms with Gasteiger partial charge in [-0.05, 0) is 36.8 Å². The van der Waals surface area contributed by atoms with Crippen molar-refractivity contribution in [1.82, 2.24) is 5.32 Å². The predicted octanol–water partition coefficient (Wildman–Crippen LogP) is 4.21. The van der Waals surface area contributed by atoms with E-state index in [2.05, 4.69) is 23.3 Å². The highest BCUT2D eigenvalue weighted by molar-refractivity contribution is 8.03. The van der Waals surface area contributed by atoms with Crippen LogP contribution in [0, 0.1) is 11.3 Å². The number of carbonyl (C=O) groups excluding carboxylic acids is 2. The van der Waals surface area contributed by atoms with Crippen LogP contribution in [0.2, 0.25) is 0 Å². The molecule has 3 rings (SSSR count). The second kappa shape index (κ2) is 12.6. The number of benzene rings is 2. The molecule has 0 saturated carbocycles. The van der Waals surface area contributed by atoms with E-state index in [4.69, 9.17) is 14.2 Å². The Balaban J connectivity index is 1.94. The number of phenolic OH excluding ortho intramolecular Hbond substituents is 1. The number of ether oxygens (including phenoxy) is 3. The number of methoxy groups -OCH3 is 2. The van der Waals surface area contributed by atoms with Gasteiger partial charge in [-0.25, -0.2) is 4.79 Å². The maximum absolute atomic E-state index is 13.0. The molecule has 37 heavy (non-hydrogen) atoms. The maximum atomic E-state index is 13.0. The molecule has 0 aromatic heterocycles. The molecule has 2 aromatic carbocycles. The second-order valence-corrected chi connectivity index (χ2v) is 8.82. The van der Waals surface area contributed by atoms with Crippen LogP contribution >= 0.6 is 11.8 Å². The van der Waals surface area contributed by atoms with Crippen LogP contribution in [0.4, 0.5) is 5.69 Å². The van der Waals surface area contributed by atoms with Crippen LogP contribution in [-0.4, -0.2) is 43.6 Å². The van der Waals surface area contributed by atoms with Crippen LogP contribution in [-0.2, 0) is 14.3 Å². The highest BCUT2D eigenvalue weighted by Crippen LogP contribution is 2.43. The van der Waals surface area contributed by atoms with Crippen molar-refractivity contribution < 1.29 is 28.9 Å². The first-order valence-electron chi connectivity index (χ1n) is 11.2. The molecule has 1 amide bonds. The van der Waals surface area contributed by atoms with E-state index in [1.807, 2.05) is 0 Å². The van der Waals surface area contributed by atoms with E-state index in [-0.39, 0.29) is 40.9 Å². The lowest BCUT2D eigenvalue weighted by molar-refractivity contribution is -0.138. The largest absolute Gasteiger partial charge is 0.504 e. The van der Waals surface area contributed by atoms with Crippen LogP contribution in [0.5, 0.6) is 17.2 Å². The normalized spacial score (nSPS) is 14.8. The maximum Gasteiger partial charge on any atom is 0.337 e. The minimum Gasteiger partial charge on any atom is -0.504 e. The first kappa shape index (κ1) is 27.2. The molecule has 0 unspecified atom stereocenters. The van der Waals surface area contributed by atoms with Crippen molar-refractivity contribution in [3.8, 4) is 23.3 Å². The molecule has 2 aromatic rings. The third-order valence-corrected chi connectivity index (χ3v) is 6.46. The van der Waals surface area contributed by atoms with Crippen molar-refractivity contribution in [1.29, 1.82) is 5.26 Å². The number of hydrogen-bond donors (Lipinski definition) is 3. The van der Waals surface area contributed by atoms with Gasteiger partial charge in [0, 0.05) is 17.5 Å². The fraction of sp³-hybridized carbons (Fsp3) is 0.222. The Hall–Kier alpha value is -4.36. The highest BCUT2D eigenvalue weighted by atomic mass is 32.2. The summed E-state index contributed by atoms with van der Waals surface area (Å²) in [7, 11) is 2.95. The number of anilines is 1. The van der Waals surface area contributed by atoms with Crippen molar-refractivity contribution in [2.75, 3.05) is 31.9 Å². The van der Waals surface area contributed by atoms with Gasteiger partial charge in [0.1, 0.15) is 12.4 Å². The number of allylic oxidation sites excluding steroid dienone is 2. The molecule has 10 heteroatoms. The van der Waals surface area contributed by atoms with Crippen LogP contribution in [0.15, 0.2) is 77.0 Å². The van der Waals surface area contributed by atoms with Gasteiger partial charge in [0.15, 0.2) is 11.5 Å². The number of nitrogens with zero attached hydrogens (tertiary/aromatic N) is 1. The number of hydrogen-bond acceptors (Lipinski definition) is 9. The van der Waals surface area contributed by atoms with Gasteiger partial charge in [-0.1, -0.05) is 36.5 Å². The number of esters is 1. The van der Waals surface area contributed by atoms with Crippen molar-refractivity contribution in [3.63, 3.8) is 0 Å². The molecular weight excluding hydrogens is 494 g/mol. The Bertz CT molecular complexity index is 1310. The van der Waals surface area contributed by atoms with Gasteiger partial charge in [-0.2, -0.15) is 5.26 Å². The van der Waals surface area contributed by atoms with Crippen LogP contribution in [0.25, 0.3) is 0 Å². The topological polar surface area (TPSA) is 130 Å². The number of nitrogens with one attached hydrogen (secondary N) is 2. The monoisotopic (exact) mass is 521 g/mol. The second-order valence-electron chi connectivity index (χ2n) is 7.84. The quantitative estimate of drug-likeness (QED) is 0.311. The van der Waals surface area contributed by atoms with E-state index in [0.29, 0.717) is 27.7 Å². The van der Waals surface area contributed by atoms with Crippen LogP contribution < -0.4 is 20.1 Å². The van der Waals surface area contributed by atoms with Gasteiger partial charge in [0.2, 0.25) is 5.91 Å². The highest BCUT2D eigenvalue weighted by Gasteiger charge is 2.36. The summed E-state index contributed by atoms with van der Waals surface area (Å²) in [4.78, 5) is 25.6. The van der Waals surface area contributed by atoms with Crippen LogP contribution in [0.3, 0.4) is 0 Å². The summed E-state index contributed by atoms with van der Waals surface area (Å²) in [6, 6.07) is 13.8. The summed E-state index contributed by atoms with van der Waals surface area (Å²) in [5.74, 6) is -1.00. The first-order chi connectivity index (χ1) is 17.8. The molecule has 0 saturated heterocycles. The molecule has 0 spiro atoms. The van der Waals surface area contributed by atoms with Crippen molar-refractivity contribution in [2.45, 2.75) is 12.8 Å². The third-order valence-electron chi connectivity index (χ3n) is 5.44. The fourth-order valence-corrected chi connectivity index (χ4v) is 4.64. The van der Waals surface area contributed by atoms with Gasteiger partial charge >= 0.3 is 5.97 Å². The van der Waals surface area contributed by atoms with Gasteiger partial charge in [0.25, 0.3) is 0 Å². The lowest BCUT2D eigenvalue weighted by Gasteiger charge is -2.29. The summed E-state index contributed by atoms with van der Waals surface area (Å²) in [6.07, 6.45) is 1.45. The minimum atomic E-state index is -0.818. The van der Waals surface area contributed by atoms with E-state index in [0.717, 1.165) is 11.8 Å². The lowest BCUT2D eigenvalue weighted by Crippen LogP contribution is -2.29. The summed E-state index contributed by atoms with van der Waals surface area (Å²) in [5, 5.41) is 26.5. The Labute approximate surface area is 219 Å². The van der Waals surface area contributed by atoms with Gasteiger partial charge < -0.3 is 30.0 Å². The SMILES string of the molecule is C=CCOC(=O)C1=C(C)NC(SCC(=O)Nc2cccc(OC)c2)=C(C#N)[C@H]1c1ccc(O)c(OC)c1. The number of dihydropyridines is 1. The zero-order valence-corrected chi connectivity index (χ0v) is 21.5. The smallest absolute Gasteiger partial charge is 0.337 e. The molecule has 1 aliphatic rings. The number of aromatic hydroxyl groups is 1. The molecular formula is C27H27N3O6S. The molecule has 0 aliphatic carbocycles. The van der Waals surface area contributed by atoms with Gasteiger partial charge in [0.05, 0.1) is 48.1 Å². The zero-order valence-electron chi connectivity index (χ0n) is 20.7. The molecule has 3 N–H and O–H groups in total. The molecule has 1 aliphatic heterocycles. The van der Waals surface area contributed by atoms with Crippen molar-refractivity contribution in [2.24, 2.45) is 0 Å². The average molecular weight is 522 g/mol. The van der Waals surface area contributed by atoms with E-state index in [1.54, 1.807) is 50.4 Å². The van der Waals surface area contributed by atoms with Crippen LogP contribution in [0.1, 0.15) is 18.4 Å². The molecule has 0 radical (unpaired) electrons. The average Bonchev–Trinajstić information content (AvgIpc) is 2.90. The fourth-order valence-electron chi connectivity index (χ4n) is 3.75. The Kier molecular flexibility index (Phi) is 9.24. The first-order valence-corrected chi connectivity index (χ1v) is 12.1. The zero-order chi connectivity index (χ0) is 26.9. The molecule has 192 valence electrons. The van der Waals surface area contributed by atoms with Gasteiger partial charge in [-0.3, -0.25) is 4.79 Å². The number of carbonyl (C=O) groups is 2. The van der Waals surface area contributed by atoms with Crippen molar-refractivity contribution in [3.05, 3.63) is 82.6 Å². The Morgan fingerprint density at radius 2 is 2.03 bits per heavy atom. The molecule has 1 heterocycles.